The van der Waals surface area contributed by atoms with E-state index in [2.05, 4.69) is 22.4 Å². The Morgan fingerprint density at radius 2 is 1.67 bits per heavy atom. The van der Waals surface area contributed by atoms with E-state index in [0.29, 0.717) is 28.8 Å². The molecule has 3 heterocycles. The fourth-order valence-electron chi connectivity index (χ4n) is 4.40. The van der Waals surface area contributed by atoms with Crippen LogP contribution in [-0.2, 0) is 23.6 Å². The van der Waals surface area contributed by atoms with Crippen LogP contribution >= 0.6 is 11.8 Å². The summed E-state index contributed by atoms with van der Waals surface area (Å²) in [4.78, 5) is 56.2. The van der Waals surface area contributed by atoms with Gasteiger partial charge in [-0.15, -0.1) is 0 Å². The van der Waals surface area contributed by atoms with Crippen LogP contribution < -0.4 is 22.1 Å². The van der Waals surface area contributed by atoms with E-state index in [4.69, 9.17) is 0 Å². The Morgan fingerprint density at radius 3 is 2.51 bits per heavy atom. The van der Waals surface area contributed by atoms with E-state index in [-0.39, 0.29) is 31.0 Å². The number of thioether (sulfide) groups is 1. The van der Waals surface area contributed by atoms with Gasteiger partial charge >= 0.3 is 5.69 Å². The van der Waals surface area contributed by atoms with E-state index in [0.717, 1.165) is 16.1 Å². The maximum atomic E-state index is 13.5. The predicted molar refractivity (Wildman–Crippen MR) is 153 cm³/mol. The van der Waals surface area contributed by atoms with E-state index >= 15 is 0 Å². The van der Waals surface area contributed by atoms with Crippen LogP contribution in [-0.4, -0.2) is 36.7 Å². The van der Waals surface area contributed by atoms with Crippen molar-refractivity contribution in [1.82, 2.24) is 23.8 Å². The van der Waals surface area contributed by atoms with Crippen LogP contribution in [0, 0.1) is 0 Å². The first-order valence-corrected chi connectivity index (χ1v) is 13.7. The van der Waals surface area contributed by atoms with E-state index in [1.807, 2.05) is 18.2 Å². The number of carbonyl (C=O) groups excluding carboxylic acids is 1. The number of rotatable bonds is 10. The third-order valence-electron chi connectivity index (χ3n) is 6.32. The Bertz CT molecular complexity index is 1810. The molecule has 0 saturated carbocycles. The lowest BCUT2D eigenvalue weighted by Crippen LogP contribution is -2.41. The minimum atomic E-state index is -0.556. The van der Waals surface area contributed by atoms with Crippen molar-refractivity contribution in [2.45, 2.75) is 25.3 Å². The number of fused-ring (bicyclic) bond motifs is 2. The summed E-state index contributed by atoms with van der Waals surface area (Å²) in [7, 11) is 0. The van der Waals surface area contributed by atoms with E-state index in [9.17, 15) is 19.2 Å². The molecule has 0 spiro atoms. The lowest BCUT2D eigenvalue weighted by atomic mass is 10.2. The lowest BCUT2D eigenvalue weighted by molar-refractivity contribution is -0.121. The number of amides is 1. The summed E-state index contributed by atoms with van der Waals surface area (Å²) in [6.07, 6.45) is 1.62. The van der Waals surface area contributed by atoms with Crippen molar-refractivity contribution in [3.05, 3.63) is 128 Å². The highest BCUT2D eigenvalue weighted by molar-refractivity contribution is 7.98. The highest BCUT2D eigenvalue weighted by atomic mass is 32.2. The minimum absolute atomic E-state index is 0.00505. The smallest absolute Gasteiger partial charge is 0.331 e. The summed E-state index contributed by atoms with van der Waals surface area (Å²) in [6, 6.07) is 23.5. The number of aromatic nitrogens is 4. The molecule has 0 aliphatic carbocycles. The quantitative estimate of drug-likeness (QED) is 0.273. The van der Waals surface area contributed by atoms with Gasteiger partial charge in [0, 0.05) is 43.3 Å². The van der Waals surface area contributed by atoms with Gasteiger partial charge in [-0.1, -0.05) is 48.5 Å². The molecule has 0 bridgehead atoms. The Labute approximate surface area is 227 Å². The Morgan fingerprint density at radius 1 is 0.897 bits per heavy atom. The van der Waals surface area contributed by atoms with Crippen molar-refractivity contribution >= 4 is 34.2 Å². The molecule has 0 fully saturated rings. The van der Waals surface area contributed by atoms with Gasteiger partial charge < -0.3 is 5.32 Å². The molecule has 5 rings (SSSR count). The molecule has 3 aromatic heterocycles. The van der Waals surface area contributed by atoms with Crippen LogP contribution in [0.4, 0.5) is 0 Å². The van der Waals surface area contributed by atoms with Crippen molar-refractivity contribution < 1.29 is 4.79 Å². The van der Waals surface area contributed by atoms with Gasteiger partial charge in [0.25, 0.3) is 11.1 Å². The number of benzene rings is 2. The zero-order chi connectivity index (χ0) is 27.2. The molecule has 0 aliphatic heterocycles. The minimum Gasteiger partial charge on any atom is -0.355 e. The normalized spacial score (nSPS) is 11.2. The average Bonchev–Trinajstić information content (AvgIpc) is 2.95. The van der Waals surface area contributed by atoms with Crippen molar-refractivity contribution in [2.24, 2.45) is 0 Å². The van der Waals surface area contributed by atoms with Gasteiger partial charge in [-0.25, -0.2) is 9.78 Å². The summed E-state index contributed by atoms with van der Waals surface area (Å²) >= 11 is 1.72. The van der Waals surface area contributed by atoms with Gasteiger partial charge in [0.1, 0.15) is 5.65 Å². The molecule has 0 saturated heterocycles. The highest BCUT2D eigenvalue weighted by Gasteiger charge is 2.15. The molecule has 1 amide bonds. The molecule has 0 unspecified atom stereocenters. The number of pyridine rings is 1. The van der Waals surface area contributed by atoms with Gasteiger partial charge in [0.2, 0.25) is 5.91 Å². The van der Waals surface area contributed by atoms with Crippen LogP contribution in [0.3, 0.4) is 0 Å². The average molecular weight is 542 g/mol. The molecule has 0 atom stereocenters. The summed E-state index contributed by atoms with van der Waals surface area (Å²) in [5.74, 6) is 1.38. The molecule has 5 aromatic rings. The van der Waals surface area contributed by atoms with Gasteiger partial charge in [0.15, 0.2) is 0 Å². The molecule has 0 radical (unpaired) electrons. The summed E-state index contributed by atoms with van der Waals surface area (Å²) in [6.45, 7) is 0.445. The topological polar surface area (TPSA) is 107 Å². The molecule has 39 heavy (non-hydrogen) atoms. The van der Waals surface area contributed by atoms with Gasteiger partial charge in [-0.2, -0.15) is 11.8 Å². The monoisotopic (exact) mass is 541 g/mol. The standard InChI is InChI=1S/C29H27N5O4S/c35-26(30-14-17-39-20-21-8-2-1-3-9-21)13-16-33-28(37)23-10-4-5-11-24(23)34(29(33)38)19-22-18-27(36)32-15-7-6-12-25(32)31-22/h1-12,15,18H,13-14,16-17,19-20H2,(H,30,35). The van der Waals surface area contributed by atoms with Crippen LogP contribution in [0.1, 0.15) is 17.7 Å². The lowest BCUT2D eigenvalue weighted by Gasteiger charge is -2.14. The highest BCUT2D eigenvalue weighted by Crippen LogP contribution is 2.11. The van der Waals surface area contributed by atoms with Crippen molar-refractivity contribution in [3.63, 3.8) is 0 Å². The van der Waals surface area contributed by atoms with Gasteiger partial charge in [0.05, 0.1) is 23.1 Å². The van der Waals surface area contributed by atoms with E-state index in [1.54, 1.807) is 60.4 Å². The first-order chi connectivity index (χ1) is 19.0. The second-order valence-electron chi connectivity index (χ2n) is 9.00. The fraction of sp³-hybridized carbons (Fsp3) is 0.207. The zero-order valence-electron chi connectivity index (χ0n) is 21.2. The third-order valence-corrected chi connectivity index (χ3v) is 7.35. The van der Waals surface area contributed by atoms with Crippen LogP contribution in [0.15, 0.2) is 99.4 Å². The molecule has 2 aromatic carbocycles. The van der Waals surface area contributed by atoms with Gasteiger partial charge in [-0.3, -0.25) is 27.9 Å². The molecular weight excluding hydrogens is 514 g/mol. The van der Waals surface area contributed by atoms with Crippen molar-refractivity contribution in [2.75, 3.05) is 12.3 Å². The predicted octanol–water partition coefficient (Wildman–Crippen LogP) is 2.66. The van der Waals surface area contributed by atoms with Crippen molar-refractivity contribution in [1.29, 1.82) is 0 Å². The second-order valence-corrected chi connectivity index (χ2v) is 10.1. The molecular formula is C29H27N5O4S. The van der Waals surface area contributed by atoms with E-state index in [1.165, 1.54) is 20.6 Å². The maximum Gasteiger partial charge on any atom is 0.331 e. The number of para-hydroxylation sites is 1. The fourth-order valence-corrected chi connectivity index (χ4v) is 5.21. The molecule has 1 N–H and O–H groups in total. The zero-order valence-corrected chi connectivity index (χ0v) is 22.0. The Kier molecular flexibility index (Phi) is 8.02. The number of nitrogens with one attached hydrogen (secondary N) is 1. The Hall–Kier alpha value is -4.44. The van der Waals surface area contributed by atoms with Crippen LogP contribution in [0.2, 0.25) is 0 Å². The number of hydrogen-bond acceptors (Lipinski definition) is 6. The van der Waals surface area contributed by atoms with E-state index < -0.39 is 11.2 Å². The number of hydrogen-bond donors (Lipinski definition) is 1. The SMILES string of the molecule is O=C(CCn1c(=O)c2ccccc2n(Cc2cc(=O)n3ccccc3n2)c1=O)NCCSCc1ccccc1. The van der Waals surface area contributed by atoms with Crippen molar-refractivity contribution in [3.8, 4) is 0 Å². The summed E-state index contributed by atoms with van der Waals surface area (Å²) in [5, 5.41) is 3.22. The third kappa shape index (κ3) is 6.01. The molecule has 10 heteroatoms. The Balaban J connectivity index is 1.31. The van der Waals surface area contributed by atoms with Crippen LogP contribution in [0.25, 0.3) is 16.6 Å². The molecule has 0 aliphatic rings. The number of nitrogens with zero attached hydrogens (tertiary/aromatic N) is 4. The molecule has 9 nitrogen and oxygen atoms in total. The van der Waals surface area contributed by atoms with Crippen LogP contribution in [0.5, 0.6) is 0 Å². The van der Waals surface area contributed by atoms with Gasteiger partial charge in [-0.05, 0) is 29.8 Å². The summed E-state index contributed by atoms with van der Waals surface area (Å²) in [5.41, 5.74) is 1.26. The number of carbonyl (C=O) groups is 1. The summed E-state index contributed by atoms with van der Waals surface area (Å²) < 4.78 is 3.93. The first-order valence-electron chi connectivity index (χ1n) is 12.6. The first kappa shape index (κ1) is 26.2. The molecule has 198 valence electrons. The second kappa shape index (κ2) is 12.0. The largest absolute Gasteiger partial charge is 0.355 e. The maximum absolute atomic E-state index is 13.5.